The number of hydrogen-bond donors (Lipinski definition) is 0. The molecule has 1 aliphatic rings. The van der Waals surface area contributed by atoms with Gasteiger partial charge in [0.25, 0.3) is 0 Å². The van der Waals surface area contributed by atoms with Crippen LogP contribution < -0.4 is 4.90 Å². The highest BCUT2D eigenvalue weighted by atomic mass is 35.5. The van der Waals surface area contributed by atoms with Crippen LogP contribution in [0.3, 0.4) is 0 Å². The Morgan fingerprint density at radius 1 is 0.444 bits per heavy atom. The van der Waals surface area contributed by atoms with Crippen LogP contribution in [0.25, 0.3) is 60.9 Å². The van der Waals surface area contributed by atoms with E-state index in [9.17, 15) is 0 Å². The van der Waals surface area contributed by atoms with Crippen molar-refractivity contribution in [2.24, 2.45) is 0 Å². The van der Waals surface area contributed by atoms with Crippen molar-refractivity contribution >= 4 is 50.5 Å². The van der Waals surface area contributed by atoms with Gasteiger partial charge in [0.05, 0.1) is 11.0 Å². The molecule has 0 amide bonds. The molecular weight excluding hydrogens is 676 g/mol. The summed E-state index contributed by atoms with van der Waals surface area (Å²) >= 11 is 7.02. The van der Waals surface area contributed by atoms with Gasteiger partial charge in [0.2, 0.25) is 0 Å². The third kappa shape index (κ3) is 5.17. The number of anilines is 3. The maximum Gasteiger partial charge on any atom is 0.0547 e. The summed E-state index contributed by atoms with van der Waals surface area (Å²) in [6.07, 6.45) is 0. The van der Waals surface area contributed by atoms with Crippen LogP contribution in [0.1, 0.15) is 25.0 Å². The zero-order valence-corrected chi connectivity index (χ0v) is 30.9. The number of hydrogen-bond acceptors (Lipinski definition) is 1. The third-order valence-electron chi connectivity index (χ3n) is 11.2. The van der Waals surface area contributed by atoms with E-state index in [2.05, 4.69) is 211 Å². The fraction of sp³-hybridized carbons (Fsp3) is 0.0588. The number of fused-ring (bicyclic) bond motifs is 6. The number of aromatic nitrogens is 1. The molecule has 8 aromatic carbocycles. The Morgan fingerprint density at radius 2 is 1.06 bits per heavy atom. The molecule has 1 aromatic heterocycles. The minimum Gasteiger partial charge on any atom is -0.310 e. The Labute approximate surface area is 321 Å². The van der Waals surface area contributed by atoms with Crippen molar-refractivity contribution < 1.29 is 0 Å². The summed E-state index contributed by atoms with van der Waals surface area (Å²) in [7, 11) is 0. The molecule has 0 saturated carbocycles. The number of halogens is 1. The first-order chi connectivity index (χ1) is 26.5. The third-order valence-corrected chi connectivity index (χ3v) is 11.4. The summed E-state index contributed by atoms with van der Waals surface area (Å²) < 4.78 is 2.43. The van der Waals surface area contributed by atoms with Crippen LogP contribution in [0.15, 0.2) is 188 Å². The van der Waals surface area contributed by atoms with Gasteiger partial charge in [0, 0.05) is 44.0 Å². The van der Waals surface area contributed by atoms with E-state index in [1.807, 2.05) is 0 Å². The van der Waals surface area contributed by atoms with Crippen LogP contribution in [0, 0.1) is 0 Å². The van der Waals surface area contributed by atoms with Gasteiger partial charge in [-0.1, -0.05) is 135 Å². The van der Waals surface area contributed by atoms with Crippen LogP contribution in [0.5, 0.6) is 0 Å². The van der Waals surface area contributed by atoms with E-state index < -0.39 is 0 Å². The Hall–Kier alpha value is -6.35. The Balaban J connectivity index is 1.12. The summed E-state index contributed by atoms with van der Waals surface area (Å²) in [6.45, 7) is 4.67. The Bertz CT molecular complexity index is 2830. The van der Waals surface area contributed by atoms with E-state index in [0.717, 1.165) is 45.0 Å². The first kappa shape index (κ1) is 32.3. The number of benzene rings is 8. The smallest absolute Gasteiger partial charge is 0.0547 e. The lowest BCUT2D eigenvalue weighted by molar-refractivity contribution is 0.660. The van der Waals surface area contributed by atoms with Gasteiger partial charge in [-0.15, -0.1) is 0 Å². The lowest BCUT2D eigenvalue weighted by Crippen LogP contribution is -2.14. The lowest BCUT2D eigenvalue weighted by atomic mass is 9.82. The maximum atomic E-state index is 7.02. The zero-order chi connectivity index (χ0) is 36.4. The van der Waals surface area contributed by atoms with Crippen molar-refractivity contribution in [3.8, 4) is 39.1 Å². The van der Waals surface area contributed by atoms with Crippen molar-refractivity contribution in [3.63, 3.8) is 0 Å². The molecule has 258 valence electrons. The molecule has 0 radical (unpaired) electrons. The van der Waals surface area contributed by atoms with Gasteiger partial charge < -0.3 is 9.47 Å². The highest BCUT2D eigenvalue weighted by Crippen LogP contribution is 2.50. The molecular formula is C51H37ClN2. The van der Waals surface area contributed by atoms with E-state index in [4.69, 9.17) is 11.6 Å². The van der Waals surface area contributed by atoms with Crippen LogP contribution >= 0.6 is 11.6 Å². The summed E-state index contributed by atoms with van der Waals surface area (Å²) in [5.74, 6) is 0. The van der Waals surface area contributed by atoms with Gasteiger partial charge in [-0.05, 0) is 123 Å². The molecule has 9 aromatic rings. The van der Waals surface area contributed by atoms with E-state index in [1.165, 1.54) is 44.1 Å². The normalized spacial score (nSPS) is 12.9. The molecule has 0 bridgehead atoms. The van der Waals surface area contributed by atoms with Crippen molar-refractivity contribution in [3.05, 3.63) is 204 Å². The van der Waals surface area contributed by atoms with Gasteiger partial charge in [0.1, 0.15) is 0 Å². The van der Waals surface area contributed by atoms with E-state index in [1.54, 1.807) is 0 Å². The standard InChI is InChI=1S/C51H37ClN2/c1-51(2)46-24-11-9-21-43(46)45-33-41(27-28-47(45)51)54-48-25-12-10-22-44(48)50-42(23-14-26-49(50)54)36-29-35(30-37(52)31-36)34-15-13-20-40(32-34)53(38-16-5-3-6-17-38)39-18-7-4-8-19-39/h3-33H,1-2H3. The maximum absolute atomic E-state index is 7.02. The van der Waals surface area contributed by atoms with Gasteiger partial charge in [-0.2, -0.15) is 0 Å². The average molecular weight is 713 g/mol. The fourth-order valence-electron chi connectivity index (χ4n) is 8.72. The molecule has 0 saturated heterocycles. The van der Waals surface area contributed by atoms with Crippen LogP contribution in [0.4, 0.5) is 17.1 Å². The highest BCUT2D eigenvalue weighted by molar-refractivity contribution is 6.31. The quantitative estimate of drug-likeness (QED) is 0.167. The molecule has 54 heavy (non-hydrogen) atoms. The Morgan fingerprint density at radius 3 is 1.85 bits per heavy atom. The van der Waals surface area contributed by atoms with Gasteiger partial charge >= 0.3 is 0 Å². The topological polar surface area (TPSA) is 8.17 Å². The summed E-state index contributed by atoms with van der Waals surface area (Å²) in [6, 6.07) is 67.6. The summed E-state index contributed by atoms with van der Waals surface area (Å²) in [5, 5.41) is 3.14. The van der Waals surface area contributed by atoms with Crippen LogP contribution in [0.2, 0.25) is 5.02 Å². The molecule has 2 nitrogen and oxygen atoms in total. The Kier molecular flexibility index (Phi) is 7.57. The van der Waals surface area contributed by atoms with E-state index >= 15 is 0 Å². The molecule has 0 N–H and O–H groups in total. The first-order valence-corrected chi connectivity index (χ1v) is 18.9. The molecule has 1 aliphatic carbocycles. The van der Waals surface area contributed by atoms with Gasteiger partial charge in [0.15, 0.2) is 0 Å². The lowest BCUT2D eigenvalue weighted by Gasteiger charge is -2.26. The molecule has 3 heteroatoms. The molecule has 0 spiro atoms. The SMILES string of the molecule is CC1(C)c2ccccc2-c2cc(-n3c4ccccc4c4c(-c5cc(Cl)cc(-c6cccc(N(c7ccccc7)c7ccccc7)c6)c5)cccc43)ccc21. The average Bonchev–Trinajstić information content (AvgIpc) is 3.67. The minimum absolute atomic E-state index is 0.0381. The summed E-state index contributed by atoms with van der Waals surface area (Å²) in [4.78, 5) is 2.29. The molecule has 0 fully saturated rings. The molecule has 1 heterocycles. The predicted octanol–water partition coefficient (Wildman–Crippen LogP) is 14.5. The number of nitrogens with zero attached hydrogens (tertiary/aromatic N) is 2. The van der Waals surface area contributed by atoms with Crippen molar-refractivity contribution in [1.29, 1.82) is 0 Å². The highest BCUT2D eigenvalue weighted by Gasteiger charge is 2.35. The van der Waals surface area contributed by atoms with Crippen LogP contribution in [-0.4, -0.2) is 4.57 Å². The minimum atomic E-state index is -0.0381. The number of rotatable bonds is 6. The first-order valence-electron chi connectivity index (χ1n) is 18.5. The van der Waals surface area contributed by atoms with Crippen molar-refractivity contribution in [2.45, 2.75) is 19.3 Å². The number of para-hydroxylation sites is 3. The second-order valence-corrected chi connectivity index (χ2v) is 15.2. The molecule has 0 atom stereocenters. The molecule has 10 rings (SSSR count). The zero-order valence-electron chi connectivity index (χ0n) is 30.2. The monoisotopic (exact) mass is 712 g/mol. The van der Waals surface area contributed by atoms with E-state index in [-0.39, 0.29) is 5.41 Å². The fourth-order valence-corrected chi connectivity index (χ4v) is 8.96. The molecule has 0 unspecified atom stereocenters. The van der Waals surface area contributed by atoms with Crippen molar-refractivity contribution in [2.75, 3.05) is 4.90 Å². The predicted molar refractivity (Wildman–Crippen MR) is 229 cm³/mol. The summed E-state index contributed by atoms with van der Waals surface area (Å²) in [5.41, 5.74) is 16.6. The van der Waals surface area contributed by atoms with Crippen LogP contribution in [-0.2, 0) is 5.41 Å². The largest absolute Gasteiger partial charge is 0.310 e. The van der Waals surface area contributed by atoms with Gasteiger partial charge in [-0.25, -0.2) is 0 Å². The second kappa shape index (κ2) is 12.7. The van der Waals surface area contributed by atoms with Gasteiger partial charge in [-0.3, -0.25) is 0 Å². The van der Waals surface area contributed by atoms with E-state index in [0.29, 0.717) is 5.02 Å². The molecule has 0 aliphatic heterocycles. The second-order valence-electron chi connectivity index (χ2n) is 14.7. The van der Waals surface area contributed by atoms with Crippen molar-refractivity contribution in [1.82, 2.24) is 4.57 Å².